The summed E-state index contributed by atoms with van der Waals surface area (Å²) in [7, 11) is 0. The van der Waals surface area contributed by atoms with E-state index in [1.807, 2.05) is 16.8 Å². The summed E-state index contributed by atoms with van der Waals surface area (Å²) in [6.07, 6.45) is 3.63. The minimum Gasteiger partial charge on any atom is -0.493 e. The van der Waals surface area contributed by atoms with Gasteiger partial charge in [0.25, 0.3) is 0 Å². The van der Waals surface area contributed by atoms with Crippen molar-refractivity contribution in [3.05, 3.63) is 40.6 Å². The Morgan fingerprint density at radius 3 is 2.86 bits per heavy atom. The predicted molar refractivity (Wildman–Crippen MR) is 88.0 cm³/mol. The number of nitrogens with zero attached hydrogens (tertiary/aromatic N) is 2. The summed E-state index contributed by atoms with van der Waals surface area (Å²) in [6.45, 7) is 5.28. The summed E-state index contributed by atoms with van der Waals surface area (Å²) in [5.41, 5.74) is 2.28. The summed E-state index contributed by atoms with van der Waals surface area (Å²) in [4.78, 5) is 0. The normalized spacial score (nSPS) is 14.7. The molecule has 0 N–H and O–H groups in total. The van der Waals surface area contributed by atoms with E-state index in [4.69, 9.17) is 4.74 Å². The predicted octanol–water partition coefficient (Wildman–Crippen LogP) is 4.62. The molecule has 1 aliphatic carbocycles. The Balaban J connectivity index is 1.83. The van der Waals surface area contributed by atoms with Crippen LogP contribution < -0.4 is 4.74 Å². The smallest absolute Gasteiger partial charge is 0.128 e. The van der Waals surface area contributed by atoms with E-state index in [9.17, 15) is 0 Å². The van der Waals surface area contributed by atoms with Crippen molar-refractivity contribution in [1.29, 1.82) is 0 Å². The average Bonchev–Trinajstić information content (AvgIpc) is 3.20. The van der Waals surface area contributed by atoms with Crippen molar-refractivity contribution in [2.24, 2.45) is 11.8 Å². The van der Waals surface area contributed by atoms with Crippen LogP contribution in [-0.4, -0.2) is 16.4 Å². The Hall–Kier alpha value is -1.29. The molecule has 3 rings (SSSR count). The Morgan fingerprint density at radius 1 is 1.33 bits per heavy atom. The van der Waals surface area contributed by atoms with Crippen LogP contribution in [0.3, 0.4) is 0 Å². The molecule has 0 unspecified atom stereocenters. The van der Waals surface area contributed by atoms with Gasteiger partial charge in [0.15, 0.2) is 0 Å². The van der Waals surface area contributed by atoms with Crippen molar-refractivity contribution in [3.8, 4) is 11.4 Å². The van der Waals surface area contributed by atoms with Gasteiger partial charge in [-0.25, -0.2) is 4.68 Å². The first-order valence-electron chi connectivity index (χ1n) is 7.59. The largest absolute Gasteiger partial charge is 0.493 e. The minimum absolute atomic E-state index is 0.599. The number of halogens is 1. The van der Waals surface area contributed by atoms with E-state index in [0.717, 1.165) is 35.0 Å². The second-order valence-electron chi connectivity index (χ2n) is 6.22. The molecule has 1 fully saturated rings. The highest BCUT2D eigenvalue weighted by Crippen LogP contribution is 2.30. The van der Waals surface area contributed by atoms with E-state index in [0.29, 0.717) is 5.92 Å². The fourth-order valence-electron chi connectivity index (χ4n) is 2.38. The monoisotopic (exact) mass is 348 g/mol. The lowest BCUT2D eigenvalue weighted by Gasteiger charge is -2.11. The molecule has 2 aromatic rings. The molecule has 1 saturated carbocycles. The van der Waals surface area contributed by atoms with Gasteiger partial charge in [-0.05, 0) is 65.2 Å². The zero-order valence-electron chi connectivity index (χ0n) is 12.6. The molecule has 0 spiro atoms. The van der Waals surface area contributed by atoms with Gasteiger partial charge in [0.05, 0.1) is 12.3 Å². The second kappa shape index (κ2) is 6.22. The van der Waals surface area contributed by atoms with Gasteiger partial charge in [-0.15, -0.1) is 0 Å². The highest BCUT2D eigenvalue weighted by atomic mass is 79.9. The topological polar surface area (TPSA) is 27.1 Å². The highest BCUT2D eigenvalue weighted by Gasteiger charge is 2.22. The van der Waals surface area contributed by atoms with Crippen molar-refractivity contribution in [1.82, 2.24) is 9.78 Å². The lowest BCUT2D eigenvalue weighted by atomic mass is 10.1. The van der Waals surface area contributed by atoms with Gasteiger partial charge in [-0.2, -0.15) is 5.10 Å². The van der Waals surface area contributed by atoms with Gasteiger partial charge >= 0.3 is 0 Å². The molecule has 1 aliphatic rings. The number of ether oxygens (including phenoxy) is 1. The first-order chi connectivity index (χ1) is 10.1. The van der Waals surface area contributed by atoms with E-state index >= 15 is 0 Å². The minimum atomic E-state index is 0.599. The molecule has 21 heavy (non-hydrogen) atoms. The zero-order valence-corrected chi connectivity index (χ0v) is 14.1. The maximum absolute atomic E-state index is 5.87. The molecular weight excluding hydrogens is 328 g/mol. The van der Waals surface area contributed by atoms with Gasteiger partial charge in [-0.3, -0.25) is 0 Å². The number of rotatable bonds is 6. The molecule has 0 saturated heterocycles. The quantitative estimate of drug-likeness (QED) is 0.761. The summed E-state index contributed by atoms with van der Waals surface area (Å²) < 4.78 is 8.75. The lowest BCUT2D eigenvalue weighted by molar-refractivity contribution is 0.299. The molecule has 0 aliphatic heterocycles. The van der Waals surface area contributed by atoms with Gasteiger partial charge in [0, 0.05) is 11.8 Å². The van der Waals surface area contributed by atoms with Crippen LogP contribution in [0.1, 0.15) is 32.4 Å². The van der Waals surface area contributed by atoms with Crippen molar-refractivity contribution in [2.45, 2.75) is 33.1 Å². The Labute approximate surface area is 134 Å². The number of hydrogen-bond donors (Lipinski definition) is 0. The fourth-order valence-corrected chi connectivity index (χ4v) is 2.80. The molecule has 0 amide bonds. The van der Waals surface area contributed by atoms with Crippen LogP contribution in [0.25, 0.3) is 5.69 Å². The van der Waals surface area contributed by atoms with E-state index in [1.165, 1.54) is 18.5 Å². The molecule has 112 valence electrons. The third-order valence-corrected chi connectivity index (χ3v) is 4.00. The maximum Gasteiger partial charge on any atom is 0.128 e. The maximum atomic E-state index is 5.87. The molecular formula is C17H21BrN2O. The van der Waals surface area contributed by atoms with E-state index in [1.54, 1.807) is 0 Å². The van der Waals surface area contributed by atoms with Crippen LogP contribution in [0.4, 0.5) is 0 Å². The van der Waals surface area contributed by atoms with Crippen molar-refractivity contribution < 1.29 is 4.74 Å². The standard InChI is InChI=1S/C17H21BrN2O/c1-12(2)8-15-10-17(18)19-20(15)14-4-3-5-16(9-14)21-11-13-6-7-13/h3-5,9-10,12-13H,6-8,11H2,1-2H3. The van der Waals surface area contributed by atoms with Crippen LogP contribution in [-0.2, 0) is 6.42 Å². The molecule has 1 aromatic carbocycles. The van der Waals surface area contributed by atoms with E-state index < -0.39 is 0 Å². The van der Waals surface area contributed by atoms with E-state index in [-0.39, 0.29) is 0 Å². The third-order valence-electron chi connectivity index (χ3n) is 3.62. The summed E-state index contributed by atoms with van der Waals surface area (Å²) >= 11 is 3.48. The molecule has 3 nitrogen and oxygen atoms in total. The van der Waals surface area contributed by atoms with Gasteiger partial charge < -0.3 is 4.74 Å². The second-order valence-corrected chi connectivity index (χ2v) is 7.03. The number of aromatic nitrogens is 2. The Kier molecular flexibility index (Phi) is 4.34. The highest BCUT2D eigenvalue weighted by molar-refractivity contribution is 9.10. The Morgan fingerprint density at radius 2 is 2.14 bits per heavy atom. The van der Waals surface area contributed by atoms with E-state index in [2.05, 4.69) is 53.1 Å². The molecule has 4 heteroatoms. The summed E-state index contributed by atoms with van der Waals surface area (Å²) in [5, 5.41) is 4.56. The van der Waals surface area contributed by atoms with Gasteiger partial charge in [-0.1, -0.05) is 19.9 Å². The van der Waals surface area contributed by atoms with Gasteiger partial charge in [0.1, 0.15) is 10.4 Å². The Bertz CT molecular complexity index is 617. The van der Waals surface area contributed by atoms with Crippen LogP contribution in [0.5, 0.6) is 5.75 Å². The summed E-state index contributed by atoms with van der Waals surface area (Å²) in [5.74, 6) is 2.30. The molecule has 0 bridgehead atoms. The number of hydrogen-bond acceptors (Lipinski definition) is 2. The molecule has 0 radical (unpaired) electrons. The van der Waals surface area contributed by atoms with Crippen LogP contribution in [0.2, 0.25) is 0 Å². The fraction of sp³-hybridized carbons (Fsp3) is 0.471. The first kappa shape index (κ1) is 14.6. The molecule has 1 heterocycles. The van der Waals surface area contributed by atoms with Crippen molar-refractivity contribution in [3.63, 3.8) is 0 Å². The molecule has 1 aromatic heterocycles. The third kappa shape index (κ3) is 3.88. The van der Waals surface area contributed by atoms with Crippen LogP contribution >= 0.6 is 15.9 Å². The first-order valence-corrected chi connectivity index (χ1v) is 8.39. The SMILES string of the molecule is CC(C)Cc1cc(Br)nn1-c1cccc(OCC2CC2)c1. The summed E-state index contributed by atoms with van der Waals surface area (Å²) in [6, 6.07) is 10.3. The van der Waals surface area contributed by atoms with Crippen molar-refractivity contribution >= 4 is 15.9 Å². The number of benzene rings is 1. The lowest BCUT2D eigenvalue weighted by Crippen LogP contribution is -2.06. The van der Waals surface area contributed by atoms with Crippen molar-refractivity contribution in [2.75, 3.05) is 6.61 Å². The van der Waals surface area contributed by atoms with Gasteiger partial charge in [0.2, 0.25) is 0 Å². The average molecular weight is 349 g/mol. The molecule has 0 atom stereocenters. The zero-order chi connectivity index (χ0) is 14.8. The van der Waals surface area contributed by atoms with Crippen LogP contribution in [0.15, 0.2) is 34.9 Å². The van der Waals surface area contributed by atoms with Crippen LogP contribution in [0, 0.1) is 11.8 Å².